The molecule has 1 amide bonds. The number of hydrogen-bond donors (Lipinski definition) is 2. The van der Waals surface area contributed by atoms with Gasteiger partial charge >= 0.3 is 5.97 Å². The molecule has 28 heavy (non-hydrogen) atoms. The van der Waals surface area contributed by atoms with E-state index >= 15 is 0 Å². The SMILES string of the molecule is Cc1ccc([N+](=O)[O-])cc1NC(=O)COC(=O)c1cc2ccccc2cc1O. The van der Waals surface area contributed by atoms with E-state index in [9.17, 15) is 24.8 Å². The summed E-state index contributed by atoms with van der Waals surface area (Å²) in [5.41, 5.74) is 0.651. The topological polar surface area (TPSA) is 119 Å². The molecule has 0 saturated heterocycles. The van der Waals surface area contributed by atoms with Crippen molar-refractivity contribution in [1.82, 2.24) is 0 Å². The summed E-state index contributed by atoms with van der Waals surface area (Å²) in [7, 11) is 0. The van der Waals surface area contributed by atoms with E-state index in [2.05, 4.69) is 5.32 Å². The molecular weight excluding hydrogens is 364 g/mol. The van der Waals surface area contributed by atoms with Crippen LogP contribution in [0, 0.1) is 17.0 Å². The number of non-ortho nitro benzene ring substituents is 1. The number of nitro groups is 1. The van der Waals surface area contributed by atoms with Crippen molar-refractivity contribution in [3.8, 4) is 5.75 Å². The summed E-state index contributed by atoms with van der Waals surface area (Å²) >= 11 is 0. The highest BCUT2D eigenvalue weighted by Crippen LogP contribution is 2.26. The molecule has 3 aromatic carbocycles. The van der Waals surface area contributed by atoms with Gasteiger partial charge in [0.05, 0.1) is 10.6 Å². The maximum atomic E-state index is 12.2. The highest BCUT2D eigenvalue weighted by Gasteiger charge is 2.17. The molecule has 0 spiro atoms. The molecule has 3 aromatic rings. The van der Waals surface area contributed by atoms with Gasteiger partial charge in [0.1, 0.15) is 11.3 Å². The average Bonchev–Trinajstić information content (AvgIpc) is 2.67. The molecule has 8 heteroatoms. The molecule has 142 valence electrons. The summed E-state index contributed by atoms with van der Waals surface area (Å²) in [6, 6.07) is 14.2. The van der Waals surface area contributed by atoms with Gasteiger partial charge in [0, 0.05) is 12.1 Å². The van der Waals surface area contributed by atoms with Crippen molar-refractivity contribution in [2.75, 3.05) is 11.9 Å². The van der Waals surface area contributed by atoms with Crippen LogP contribution in [0.4, 0.5) is 11.4 Å². The van der Waals surface area contributed by atoms with Crippen LogP contribution >= 0.6 is 0 Å². The number of carbonyl (C=O) groups excluding carboxylic acids is 2. The van der Waals surface area contributed by atoms with E-state index in [4.69, 9.17) is 4.74 Å². The van der Waals surface area contributed by atoms with Crippen molar-refractivity contribution in [2.24, 2.45) is 0 Å². The van der Waals surface area contributed by atoms with Crippen LogP contribution in [0.15, 0.2) is 54.6 Å². The lowest BCUT2D eigenvalue weighted by atomic mass is 10.1. The Morgan fingerprint density at radius 2 is 1.79 bits per heavy atom. The number of nitrogens with one attached hydrogen (secondary N) is 1. The van der Waals surface area contributed by atoms with Gasteiger partial charge in [-0.1, -0.05) is 30.3 Å². The molecule has 0 radical (unpaired) electrons. The number of phenols is 1. The van der Waals surface area contributed by atoms with E-state index in [1.54, 1.807) is 31.2 Å². The molecule has 0 saturated carbocycles. The number of hydrogen-bond acceptors (Lipinski definition) is 6. The van der Waals surface area contributed by atoms with Crippen molar-refractivity contribution in [2.45, 2.75) is 6.92 Å². The Hall–Kier alpha value is -3.94. The zero-order chi connectivity index (χ0) is 20.3. The van der Waals surface area contributed by atoms with E-state index in [0.717, 1.165) is 10.8 Å². The van der Waals surface area contributed by atoms with Gasteiger partial charge in [-0.3, -0.25) is 14.9 Å². The van der Waals surface area contributed by atoms with Crippen molar-refractivity contribution in [1.29, 1.82) is 0 Å². The number of esters is 1. The molecule has 0 aliphatic rings. The lowest BCUT2D eigenvalue weighted by Gasteiger charge is -2.10. The molecule has 0 aliphatic carbocycles. The third-order valence-corrected chi connectivity index (χ3v) is 4.12. The largest absolute Gasteiger partial charge is 0.507 e. The van der Waals surface area contributed by atoms with Gasteiger partial charge < -0.3 is 15.2 Å². The number of fused-ring (bicyclic) bond motifs is 1. The number of aromatic hydroxyl groups is 1. The monoisotopic (exact) mass is 380 g/mol. The highest BCUT2D eigenvalue weighted by molar-refractivity contribution is 6.00. The lowest BCUT2D eigenvalue weighted by Crippen LogP contribution is -2.21. The molecule has 2 N–H and O–H groups in total. The number of carbonyl (C=O) groups is 2. The van der Waals surface area contributed by atoms with Crippen LogP contribution < -0.4 is 5.32 Å². The Bertz CT molecular complexity index is 1090. The molecule has 0 fully saturated rings. The Morgan fingerprint density at radius 1 is 1.11 bits per heavy atom. The standard InChI is InChI=1S/C20H16N2O6/c1-12-6-7-15(22(26)27)10-17(12)21-19(24)11-28-20(25)16-8-13-4-2-3-5-14(13)9-18(16)23/h2-10,23H,11H2,1H3,(H,21,24). The molecule has 0 aromatic heterocycles. The number of phenolic OH excluding ortho intramolecular Hbond substituents is 1. The first-order chi connectivity index (χ1) is 13.3. The highest BCUT2D eigenvalue weighted by atomic mass is 16.6. The minimum Gasteiger partial charge on any atom is -0.507 e. The van der Waals surface area contributed by atoms with Crippen molar-refractivity contribution >= 4 is 34.0 Å². The number of aryl methyl sites for hydroxylation is 1. The van der Waals surface area contributed by atoms with Gasteiger partial charge in [0.2, 0.25) is 0 Å². The Balaban J connectivity index is 1.68. The smallest absolute Gasteiger partial charge is 0.342 e. The summed E-state index contributed by atoms with van der Waals surface area (Å²) in [6.07, 6.45) is 0. The van der Waals surface area contributed by atoms with Gasteiger partial charge in [-0.2, -0.15) is 0 Å². The number of benzene rings is 3. The number of anilines is 1. The lowest BCUT2D eigenvalue weighted by molar-refractivity contribution is -0.384. The van der Waals surface area contributed by atoms with Gasteiger partial charge in [0.25, 0.3) is 11.6 Å². The predicted octanol–water partition coefficient (Wildman–Crippen LogP) is 3.56. The molecule has 8 nitrogen and oxygen atoms in total. The second kappa shape index (κ2) is 7.75. The van der Waals surface area contributed by atoms with Gasteiger partial charge in [-0.15, -0.1) is 0 Å². The summed E-state index contributed by atoms with van der Waals surface area (Å²) in [5, 5.41) is 24.9. The van der Waals surface area contributed by atoms with E-state index in [-0.39, 0.29) is 22.7 Å². The van der Waals surface area contributed by atoms with Crippen molar-refractivity contribution < 1.29 is 24.4 Å². The molecular formula is C20H16N2O6. The van der Waals surface area contributed by atoms with Crippen LogP contribution in [0.1, 0.15) is 15.9 Å². The first kappa shape index (κ1) is 18.8. The first-order valence-electron chi connectivity index (χ1n) is 8.29. The fourth-order valence-electron chi connectivity index (χ4n) is 2.65. The molecule has 3 rings (SSSR count). The first-order valence-corrected chi connectivity index (χ1v) is 8.29. The molecule has 0 bridgehead atoms. The fraction of sp³-hybridized carbons (Fsp3) is 0.100. The molecule has 0 heterocycles. The maximum Gasteiger partial charge on any atom is 0.342 e. The summed E-state index contributed by atoms with van der Waals surface area (Å²) in [5.74, 6) is -1.76. The van der Waals surface area contributed by atoms with E-state index < -0.39 is 23.4 Å². The fourth-order valence-corrected chi connectivity index (χ4v) is 2.65. The summed E-state index contributed by atoms with van der Waals surface area (Å²) in [6.45, 7) is 1.08. The second-order valence-corrected chi connectivity index (χ2v) is 6.10. The number of nitrogens with zero attached hydrogens (tertiary/aromatic N) is 1. The predicted molar refractivity (Wildman–Crippen MR) is 102 cm³/mol. The van der Waals surface area contributed by atoms with Crippen LogP contribution in [0.3, 0.4) is 0 Å². The molecule has 0 aliphatic heterocycles. The Morgan fingerprint density at radius 3 is 2.46 bits per heavy atom. The van der Waals surface area contributed by atoms with Crippen LogP contribution in [0.2, 0.25) is 0 Å². The van der Waals surface area contributed by atoms with Crippen molar-refractivity contribution in [3.63, 3.8) is 0 Å². The second-order valence-electron chi connectivity index (χ2n) is 6.10. The minimum absolute atomic E-state index is 0.0574. The van der Waals surface area contributed by atoms with Crippen LogP contribution in [0.5, 0.6) is 5.75 Å². The minimum atomic E-state index is -0.853. The average molecular weight is 380 g/mol. The molecule has 0 unspecified atom stereocenters. The van der Waals surface area contributed by atoms with Gasteiger partial charge in [-0.05, 0) is 35.4 Å². The van der Waals surface area contributed by atoms with Gasteiger partial charge in [-0.25, -0.2) is 4.79 Å². The Kier molecular flexibility index (Phi) is 5.21. The maximum absolute atomic E-state index is 12.2. The zero-order valence-corrected chi connectivity index (χ0v) is 14.8. The van der Waals surface area contributed by atoms with Crippen LogP contribution in [-0.4, -0.2) is 28.5 Å². The quantitative estimate of drug-likeness (QED) is 0.397. The zero-order valence-electron chi connectivity index (χ0n) is 14.8. The van der Waals surface area contributed by atoms with E-state index in [1.165, 1.54) is 30.3 Å². The third-order valence-electron chi connectivity index (χ3n) is 4.12. The van der Waals surface area contributed by atoms with Crippen LogP contribution in [-0.2, 0) is 9.53 Å². The normalized spacial score (nSPS) is 10.5. The number of amides is 1. The van der Waals surface area contributed by atoms with Crippen LogP contribution in [0.25, 0.3) is 10.8 Å². The third kappa shape index (κ3) is 4.07. The van der Waals surface area contributed by atoms with E-state index in [0.29, 0.717) is 5.56 Å². The summed E-state index contributed by atoms with van der Waals surface area (Å²) < 4.78 is 4.96. The summed E-state index contributed by atoms with van der Waals surface area (Å²) in [4.78, 5) is 34.6. The van der Waals surface area contributed by atoms with Gasteiger partial charge in [0.15, 0.2) is 6.61 Å². The number of nitro benzene ring substituents is 1. The van der Waals surface area contributed by atoms with Crippen molar-refractivity contribution in [3.05, 3.63) is 75.8 Å². The Labute approximate surface area is 159 Å². The molecule has 0 atom stereocenters. The van der Waals surface area contributed by atoms with E-state index in [1.807, 2.05) is 0 Å². The number of ether oxygens (including phenoxy) is 1. The number of rotatable bonds is 5.